The minimum Gasteiger partial charge on any atom is -0.360 e. The first kappa shape index (κ1) is 21.8. The smallest absolute Gasteiger partial charge is 0.278 e. The summed E-state index contributed by atoms with van der Waals surface area (Å²) in [6, 6.07) is 16.8. The summed E-state index contributed by atoms with van der Waals surface area (Å²) in [4.78, 5) is 26.9. The number of nitro groups is 1. The molecule has 1 saturated heterocycles. The summed E-state index contributed by atoms with van der Waals surface area (Å²) in [5, 5.41) is 14.1. The number of quaternary nitrogens is 1. The second kappa shape index (κ2) is 10.2. The van der Waals surface area contributed by atoms with E-state index < -0.39 is 0 Å². The Balaban J connectivity index is 1.55. The number of hydrogen-bond acceptors (Lipinski definition) is 4. The molecular weight excluding hydrogens is 380 g/mol. The molecule has 30 heavy (non-hydrogen) atoms. The predicted molar refractivity (Wildman–Crippen MR) is 118 cm³/mol. The van der Waals surface area contributed by atoms with Crippen LogP contribution in [0.25, 0.3) is 0 Å². The molecule has 0 saturated carbocycles. The number of nitro benzene ring substituents is 1. The number of benzene rings is 2. The van der Waals surface area contributed by atoms with Gasteiger partial charge in [-0.25, -0.2) is 0 Å². The van der Waals surface area contributed by atoms with E-state index in [9.17, 15) is 14.9 Å². The Morgan fingerprint density at radius 1 is 1.13 bits per heavy atom. The van der Waals surface area contributed by atoms with Crippen molar-refractivity contribution in [1.29, 1.82) is 0 Å². The molecule has 160 valence electrons. The van der Waals surface area contributed by atoms with Gasteiger partial charge in [0.15, 0.2) is 6.04 Å². The Kier molecular flexibility index (Phi) is 7.41. The SMILES string of the molecule is CCC[C@H](NC(=O)[C@@H](C)[NH+]1CCN(c2ccc([N+](=O)[O-])cc2)CC1)c1ccccc1. The summed E-state index contributed by atoms with van der Waals surface area (Å²) < 4.78 is 0. The molecule has 0 bridgehead atoms. The van der Waals surface area contributed by atoms with Crippen LogP contribution in [0.2, 0.25) is 0 Å². The van der Waals surface area contributed by atoms with Gasteiger partial charge >= 0.3 is 0 Å². The van der Waals surface area contributed by atoms with E-state index in [0.29, 0.717) is 0 Å². The fraction of sp³-hybridized carbons (Fsp3) is 0.435. The van der Waals surface area contributed by atoms with Crippen molar-refractivity contribution in [3.05, 3.63) is 70.3 Å². The van der Waals surface area contributed by atoms with Crippen molar-refractivity contribution in [1.82, 2.24) is 5.32 Å². The van der Waals surface area contributed by atoms with Gasteiger partial charge in [0.25, 0.3) is 11.6 Å². The quantitative estimate of drug-likeness (QED) is 0.516. The van der Waals surface area contributed by atoms with Crippen molar-refractivity contribution < 1.29 is 14.6 Å². The van der Waals surface area contributed by atoms with Gasteiger partial charge in [-0.05, 0) is 31.0 Å². The van der Waals surface area contributed by atoms with Crippen molar-refractivity contribution in [3.8, 4) is 0 Å². The molecule has 7 heteroatoms. The van der Waals surface area contributed by atoms with E-state index in [1.165, 1.54) is 4.90 Å². The number of anilines is 1. The Morgan fingerprint density at radius 3 is 2.33 bits per heavy atom. The summed E-state index contributed by atoms with van der Waals surface area (Å²) >= 11 is 0. The molecule has 3 rings (SSSR count). The molecule has 1 amide bonds. The third kappa shape index (κ3) is 5.36. The zero-order valence-corrected chi connectivity index (χ0v) is 17.7. The third-order valence-corrected chi connectivity index (χ3v) is 5.93. The van der Waals surface area contributed by atoms with E-state index in [4.69, 9.17) is 0 Å². The van der Waals surface area contributed by atoms with Gasteiger partial charge in [0.1, 0.15) is 0 Å². The van der Waals surface area contributed by atoms with E-state index in [-0.39, 0.29) is 28.6 Å². The van der Waals surface area contributed by atoms with Crippen LogP contribution in [0.4, 0.5) is 11.4 Å². The molecule has 0 aliphatic carbocycles. The second-order valence-electron chi connectivity index (χ2n) is 7.90. The van der Waals surface area contributed by atoms with Crippen LogP contribution in [0.1, 0.15) is 38.3 Å². The zero-order valence-electron chi connectivity index (χ0n) is 17.7. The van der Waals surface area contributed by atoms with Gasteiger partial charge in [-0.15, -0.1) is 0 Å². The Morgan fingerprint density at radius 2 is 1.77 bits per heavy atom. The first-order valence-corrected chi connectivity index (χ1v) is 10.7. The highest BCUT2D eigenvalue weighted by atomic mass is 16.6. The van der Waals surface area contributed by atoms with Crippen LogP contribution in [0.3, 0.4) is 0 Å². The number of nitrogens with zero attached hydrogens (tertiary/aromatic N) is 2. The maximum Gasteiger partial charge on any atom is 0.278 e. The highest BCUT2D eigenvalue weighted by Crippen LogP contribution is 2.20. The minimum absolute atomic E-state index is 0.0481. The average Bonchev–Trinajstić information content (AvgIpc) is 2.79. The molecule has 1 aliphatic heterocycles. The molecule has 0 aromatic heterocycles. The van der Waals surface area contributed by atoms with E-state index in [1.54, 1.807) is 24.3 Å². The average molecular weight is 412 g/mol. The van der Waals surface area contributed by atoms with E-state index in [2.05, 4.69) is 29.3 Å². The first-order valence-electron chi connectivity index (χ1n) is 10.7. The van der Waals surface area contributed by atoms with Gasteiger partial charge in [-0.1, -0.05) is 43.7 Å². The maximum atomic E-state index is 12.9. The lowest BCUT2D eigenvalue weighted by molar-refractivity contribution is -0.914. The Labute approximate surface area is 177 Å². The van der Waals surface area contributed by atoms with Gasteiger partial charge in [-0.2, -0.15) is 0 Å². The van der Waals surface area contributed by atoms with E-state index in [1.807, 2.05) is 25.1 Å². The molecule has 0 radical (unpaired) electrons. The lowest BCUT2D eigenvalue weighted by Gasteiger charge is -2.36. The fourth-order valence-corrected chi connectivity index (χ4v) is 4.05. The number of non-ortho nitro benzene ring substituents is 1. The van der Waals surface area contributed by atoms with Crippen LogP contribution in [0.5, 0.6) is 0 Å². The van der Waals surface area contributed by atoms with Gasteiger partial charge in [0.05, 0.1) is 37.1 Å². The van der Waals surface area contributed by atoms with Crippen LogP contribution in [0, 0.1) is 10.1 Å². The van der Waals surface area contributed by atoms with Crippen molar-refractivity contribution in [2.45, 2.75) is 38.8 Å². The number of amides is 1. The molecule has 2 N–H and O–H groups in total. The topological polar surface area (TPSA) is 79.9 Å². The van der Waals surface area contributed by atoms with Gasteiger partial charge in [0.2, 0.25) is 0 Å². The summed E-state index contributed by atoms with van der Waals surface area (Å²) in [6.07, 6.45) is 1.93. The van der Waals surface area contributed by atoms with Crippen molar-refractivity contribution in [2.24, 2.45) is 0 Å². The van der Waals surface area contributed by atoms with Gasteiger partial charge in [0, 0.05) is 17.8 Å². The summed E-state index contributed by atoms with van der Waals surface area (Å²) in [5.74, 6) is 0.0936. The molecular formula is C23H31N4O3+. The minimum atomic E-state index is -0.382. The van der Waals surface area contributed by atoms with Crippen LogP contribution >= 0.6 is 0 Å². The van der Waals surface area contributed by atoms with Crippen LogP contribution < -0.4 is 15.1 Å². The highest BCUT2D eigenvalue weighted by Gasteiger charge is 2.30. The molecule has 2 atom stereocenters. The number of rotatable bonds is 8. The zero-order chi connectivity index (χ0) is 21.5. The third-order valence-electron chi connectivity index (χ3n) is 5.93. The lowest BCUT2D eigenvalue weighted by atomic mass is 10.0. The number of carbonyl (C=O) groups is 1. The summed E-state index contributed by atoms with van der Waals surface area (Å²) in [6.45, 7) is 7.49. The monoisotopic (exact) mass is 411 g/mol. The maximum absolute atomic E-state index is 12.9. The lowest BCUT2D eigenvalue weighted by Crippen LogP contribution is -3.19. The predicted octanol–water partition coefficient (Wildman–Crippen LogP) is 2.35. The summed E-state index contributed by atoms with van der Waals surface area (Å²) in [5.41, 5.74) is 2.25. The molecule has 0 unspecified atom stereocenters. The van der Waals surface area contributed by atoms with E-state index in [0.717, 1.165) is 50.3 Å². The molecule has 1 heterocycles. The molecule has 0 spiro atoms. The van der Waals surface area contributed by atoms with Crippen LogP contribution in [0.15, 0.2) is 54.6 Å². The molecule has 2 aromatic carbocycles. The van der Waals surface area contributed by atoms with Crippen molar-refractivity contribution in [2.75, 3.05) is 31.1 Å². The van der Waals surface area contributed by atoms with Crippen LogP contribution in [-0.4, -0.2) is 43.1 Å². The number of nitrogens with one attached hydrogen (secondary N) is 2. The van der Waals surface area contributed by atoms with Crippen molar-refractivity contribution >= 4 is 17.3 Å². The number of carbonyl (C=O) groups excluding carboxylic acids is 1. The molecule has 1 aliphatic rings. The standard InChI is InChI=1S/C23H30N4O3/c1-3-7-22(19-8-5-4-6-9-19)24-23(28)18(2)25-14-16-26(17-15-25)20-10-12-21(13-11-20)27(29)30/h4-6,8-13,18,22H,3,7,14-17H2,1-2H3,(H,24,28)/p+1/t18-,22+/m1/s1. The Bertz CT molecular complexity index is 833. The Hall–Kier alpha value is -2.93. The highest BCUT2D eigenvalue weighted by molar-refractivity contribution is 5.80. The largest absolute Gasteiger partial charge is 0.360 e. The number of hydrogen-bond donors (Lipinski definition) is 2. The molecule has 7 nitrogen and oxygen atoms in total. The fourth-order valence-electron chi connectivity index (χ4n) is 4.05. The first-order chi connectivity index (χ1) is 14.5. The molecule has 1 fully saturated rings. The molecule has 2 aromatic rings. The van der Waals surface area contributed by atoms with Gasteiger partial charge < -0.3 is 15.1 Å². The number of piperazine rings is 1. The summed E-state index contributed by atoms with van der Waals surface area (Å²) in [7, 11) is 0. The van der Waals surface area contributed by atoms with Crippen LogP contribution in [-0.2, 0) is 4.79 Å². The normalized spacial score (nSPS) is 16.7. The second-order valence-corrected chi connectivity index (χ2v) is 7.90. The van der Waals surface area contributed by atoms with E-state index >= 15 is 0 Å². The van der Waals surface area contributed by atoms with Crippen molar-refractivity contribution in [3.63, 3.8) is 0 Å². The van der Waals surface area contributed by atoms with Gasteiger partial charge in [-0.3, -0.25) is 14.9 Å².